The van der Waals surface area contributed by atoms with E-state index in [2.05, 4.69) is 5.32 Å². The molecule has 1 heterocycles. The van der Waals surface area contributed by atoms with Crippen molar-refractivity contribution in [3.63, 3.8) is 0 Å². The van der Waals surface area contributed by atoms with Crippen molar-refractivity contribution in [1.29, 1.82) is 10.5 Å². The van der Waals surface area contributed by atoms with Gasteiger partial charge in [0.15, 0.2) is 0 Å². The fraction of sp³-hybridized carbons (Fsp3) is 0.263. The summed E-state index contributed by atoms with van der Waals surface area (Å²) in [6, 6.07) is 14.8. The molecule has 0 aromatic heterocycles. The van der Waals surface area contributed by atoms with Gasteiger partial charge in [0.2, 0.25) is 11.8 Å². The lowest BCUT2D eigenvalue weighted by molar-refractivity contribution is -0.140. The van der Waals surface area contributed by atoms with Crippen molar-refractivity contribution in [2.24, 2.45) is 11.8 Å². The monoisotopic (exact) mass is 333 g/mol. The molecule has 2 unspecified atom stereocenters. The number of nitrogens with zero attached hydrogens (tertiary/aromatic N) is 2. The molecule has 1 aliphatic rings. The van der Waals surface area contributed by atoms with Crippen molar-refractivity contribution in [1.82, 2.24) is 5.32 Å². The summed E-state index contributed by atoms with van der Waals surface area (Å²) in [6.45, 7) is 1.62. The molecule has 2 amide bonds. The smallest absolute Gasteiger partial charge is 0.244 e. The second-order valence-electron chi connectivity index (χ2n) is 6.19. The number of amides is 2. The number of benzene rings is 2. The van der Waals surface area contributed by atoms with Gasteiger partial charge < -0.3 is 4.74 Å². The summed E-state index contributed by atoms with van der Waals surface area (Å²) in [5, 5.41) is 22.9. The third-order valence-corrected chi connectivity index (χ3v) is 4.90. The zero-order chi connectivity index (χ0) is 18.2. The van der Waals surface area contributed by atoms with Crippen molar-refractivity contribution < 1.29 is 14.3 Å². The van der Waals surface area contributed by atoms with Gasteiger partial charge in [-0.15, -0.1) is 0 Å². The van der Waals surface area contributed by atoms with Crippen LogP contribution in [0.25, 0.3) is 10.8 Å². The predicted molar refractivity (Wildman–Crippen MR) is 89.2 cm³/mol. The largest absolute Gasteiger partial charge is 0.497 e. The van der Waals surface area contributed by atoms with Crippen LogP contribution >= 0.6 is 0 Å². The molecule has 0 bridgehead atoms. The molecule has 25 heavy (non-hydrogen) atoms. The molecule has 2 aromatic rings. The molecule has 124 valence electrons. The molecule has 1 saturated heterocycles. The third kappa shape index (κ3) is 2.40. The van der Waals surface area contributed by atoms with Crippen molar-refractivity contribution in [3.05, 3.63) is 42.0 Å². The van der Waals surface area contributed by atoms with Crippen LogP contribution in [0, 0.1) is 34.5 Å². The summed E-state index contributed by atoms with van der Waals surface area (Å²) in [4.78, 5) is 24.3. The SMILES string of the molecule is COc1ccc2cc(C3(C)C(C#N)C(=O)NC(=O)C3C#N)ccc2c1. The lowest BCUT2D eigenvalue weighted by Crippen LogP contribution is -2.58. The Bertz CT molecular complexity index is 936. The van der Waals surface area contributed by atoms with E-state index in [4.69, 9.17) is 4.74 Å². The van der Waals surface area contributed by atoms with Crippen LogP contribution in [0.2, 0.25) is 0 Å². The maximum Gasteiger partial charge on any atom is 0.244 e. The molecule has 6 nitrogen and oxygen atoms in total. The highest BCUT2D eigenvalue weighted by Gasteiger charge is 2.54. The predicted octanol–water partition coefficient (Wildman–Crippen LogP) is 2.04. The van der Waals surface area contributed by atoms with Gasteiger partial charge in [-0.05, 0) is 28.5 Å². The van der Waals surface area contributed by atoms with Crippen LogP contribution in [-0.4, -0.2) is 18.9 Å². The summed E-state index contributed by atoms with van der Waals surface area (Å²) in [7, 11) is 1.58. The molecule has 1 aliphatic heterocycles. The van der Waals surface area contributed by atoms with E-state index in [1.165, 1.54) is 0 Å². The van der Waals surface area contributed by atoms with Gasteiger partial charge in [0.1, 0.15) is 17.6 Å². The van der Waals surface area contributed by atoms with E-state index in [9.17, 15) is 20.1 Å². The Kier molecular flexibility index (Phi) is 3.90. The summed E-state index contributed by atoms with van der Waals surface area (Å²) in [5.41, 5.74) is -0.622. The minimum atomic E-state index is -1.23. The number of imide groups is 1. The first-order valence-corrected chi connectivity index (χ1v) is 7.68. The standard InChI is InChI=1S/C19H15N3O3/c1-19(15(9-20)17(23)22-18(24)16(19)10-21)13-5-3-12-8-14(25-2)6-4-11(12)7-13/h3-8,15-16H,1-2H3,(H,22,23,24). The van der Waals surface area contributed by atoms with Gasteiger partial charge in [-0.1, -0.05) is 31.2 Å². The van der Waals surface area contributed by atoms with Crippen molar-refractivity contribution >= 4 is 22.6 Å². The average Bonchev–Trinajstić information content (AvgIpc) is 2.61. The first-order chi connectivity index (χ1) is 11.9. The van der Waals surface area contributed by atoms with Gasteiger partial charge in [0.05, 0.1) is 19.2 Å². The summed E-state index contributed by atoms with van der Waals surface area (Å²) < 4.78 is 5.20. The number of piperidine rings is 1. The molecule has 0 aliphatic carbocycles. The van der Waals surface area contributed by atoms with Gasteiger partial charge in [-0.25, -0.2) is 0 Å². The number of methoxy groups -OCH3 is 1. The second-order valence-corrected chi connectivity index (χ2v) is 6.19. The summed E-state index contributed by atoms with van der Waals surface area (Å²) in [5.74, 6) is -2.90. The Balaban J connectivity index is 2.21. The third-order valence-electron chi connectivity index (χ3n) is 4.90. The molecule has 1 fully saturated rings. The highest BCUT2D eigenvalue weighted by Crippen LogP contribution is 2.43. The fourth-order valence-electron chi connectivity index (χ4n) is 3.38. The van der Waals surface area contributed by atoms with E-state index in [0.717, 1.165) is 10.8 Å². The minimum absolute atomic E-state index is 0.603. The quantitative estimate of drug-likeness (QED) is 0.847. The molecule has 0 radical (unpaired) electrons. The molecule has 0 saturated carbocycles. The van der Waals surface area contributed by atoms with Crippen LogP contribution < -0.4 is 10.1 Å². The number of carbonyl (C=O) groups is 2. The lowest BCUT2D eigenvalue weighted by Gasteiger charge is -2.40. The highest BCUT2D eigenvalue weighted by atomic mass is 16.5. The van der Waals surface area contributed by atoms with Crippen LogP contribution in [0.15, 0.2) is 36.4 Å². The van der Waals surface area contributed by atoms with E-state index in [0.29, 0.717) is 11.3 Å². The van der Waals surface area contributed by atoms with Crippen LogP contribution in [0.4, 0.5) is 0 Å². The van der Waals surface area contributed by atoms with Crippen LogP contribution in [0.5, 0.6) is 5.75 Å². The number of fused-ring (bicyclic) bond motifs is 1. The summed E-state index contributed by atoms with van der Waals surface area (Å²) >= 11 is 0. The van der Waals surface area contributed by atoms with Gasteiger partial charge in [0, 0.05) is 5.41 Å². The Hall–Kier alpha value is -3.38. The molecular weight excluding hydrogens is 318 g/mol. The molecule has 1 N–H and O–H groups in total. The number of hydrogen-bond donors (Lipinski definition) is 1. The van der Waals surface area contributed by atoms with E-state index in [-0.39, 0.29) is 0 Å². The number of nitriles is 2. The second kappa shape index (κ2) is 5.92. The van der Waals surface area contributed by atoms with Gasteiger partial charge in [0.25, 0.3) is 0 Å². The minimum Gasteiger partial charge on any atom is -0.497 e. The van der Waals surface area contributed by atoms with E-state index < -0.39 is 29.1 Å². The molecule has 2 aromatic carbocycles. The average molecular weight is 333 g/mol. The van der Waals surface area contributed by atoms with Crippen molar-refractivity contribution in [2.75, 3.05) is 7.11 Å². The highest BCUT2D eigenvalue weighted by molar-refractivity contribution is 6.04. The molecular formula is C19H15N3O3. The topological polar surface area (TPSA) is 103 Å². The Labute approximate surface area is 144 Å². The Morgan fingerprint density at radius 2 is 1.56 bits per heavy atom. The first kappa shape index (κ1) is 16.5. The fourth-order valence-corrected chi connectivity index (χ4v) is 3.38. The van der Waals surface area contributed by atoms with Crippen LogP contribution in [-0.2, 0) is 15.0 Å². The van der Waals surface area contributed by atoms with Crippen LogP contribution in [0.3, 0.4) is 0 Å². The molecule has 0 spiro atoms. The number of hydrogen-bond acceptors (Lipinski definition) is 5. The maximum absolute atomic E-state index is 12.2. The van der Waals surface area contributed by atoms with Gasteiger partial charge >= 0.3 is 0 Å². The van der Waals surface area contributed by atoms with Crippen molar-refractivity contribution in [2.45, 2.75) is 12.3 Å². The first-order valence-electron chi connectivity index (χ1n) is 7.68. The Morgan fingerprint density at radius 3 is 2.12 bits per heavy atom. The summed E-state index contributed by atoms with van der Waals surface area (Å²) in [6.07, 6.45) is 0. The van der Waals surface area contributed by atoms with Gasteiger partial charge in [-0.2, -0.15) is 10.5 Å². The number of nitrogens with one attached hydrogen (secondary N) is 1. The zero-order valence-corrected chi connectivity index (χ0v) is 13.7. The number of rotatable bonds is 2. The maximum atomic E-state index is 12.2. The zero-order valence-electron chi connectivity index (χ0n) is 13.7. The van der Waals surface area contributed by atoms with E-state index in [1.807, 2.05) is 36.4 Å². The Morgan fingerprint density at radius 1 is 1.00 bits per heavy atom. The van der Waals surface area contributed by atoms with E-state index >= 15 is 0 Å². The normalized spacial score (nSPS) is 25.8. The number of ether oxygens (including phenoxy) is 1. The van der Waals surface area contributed by atoms with Gasteiger partial charge in [-0.3, -0.25) is 14.9 Å². The number of carbonyl (C=O) groups excluding carboxylic acids is 2. The van der Waals surface area contributed by atoms with Crippen molar-refractivity contribution in [3.8, 4) is 17.9 Å². The lowest BCUT2D eigenvalue weighted by atomic mass is 9.62. The molecule has 6 heteroatoms. The molecule has 3 rings (SSSR count). The van der Waals surface area contributed by atoms with E-state index in [1.54, 1.807) is 26.2 Å². The molecule has 2 atom stereocenters. The van der Waals surface area contributed by atoms with Crippen LogP contribution in [0.1, 0.15) is 12.5 Å².